The van der Waals surface area contributed by atoms with Crippen LogP contribution in [0.1, 0.15) is 56.3 Å². The lowest BCUT2D eigenvalue weighted by molar-refractivity contribution is -0.202. The number of likely N-dealkylation sites (tertiary alicyclic amines) is 1. The molecule has 27 heavy (non-hydrogen) atoms. The van der Waals surface area contributed by atoms with Crippen molar-refractivity contribution >= 4 is 5.91 Å². The molecule has 1 unspecified atom stereocenters. The minimum Gasteiger partial charge on any atom is -0.372 e. The molecule has 1 aliphatic carbocycles. The van der Waals surface area contributed by atoms with E-state index in [1.54, 1.807) is 0 Å². The number of pyridine rings is 1. The van der Waals surface area contributed by atoms with Gasteiger partial charge in [-0.2, -0.15) is 0 Å². The number of carbonyl (C=O) groups excluding carboxylic acids is 1. The van der Waals surface area contributed by atoms with Gasteiger partial charge >= 0.3 is 0 Å². The van der Waals surface area contributed by atoms with Gasteiger partial charge < -0.3 is 14.4 Å². The van der Waals surface area contributed by atoms with Crippen LogP contribution in [-0.4, -0.2) is 47.2 Å². The number of nitrogens with zero attached hydrogens (tertiary/aromatic N) is 2. The molecule has 146 valence electrons. The normalized spacial score (nSPS) is 24.4. The number of aryl methyl sites for hydroxylation is 1. The van der Waals surface area contributed by atoms with Gasteiger partial charge in [-0.15, -0.1) is 0 Å². The van der Waals surface area contributed by atoms with Crippen LogP contribution in [0.4, 0.5) is 0 Å². The van der Waals surface area contributed by atoms with Crippen molar-refractivity contribution in [1.29, 1.82) is 0 Å². The van der Waals surface area contributed by atoms with E-state index in [1.807, 2.05) is 30.0 Å². The number of rotatable bonds is 5. The molecule has 3 aliphatic rings. The molecule has 1 amide bonds. The predicted octanol–water partition coefficient (Wildman–Crippen LogP) is 3.56. The lowest BCUT2D eigenvalue weighted by atomic mass is 9.84. The minimum absolute atomic E-state index is 0.180. The highest BCUT2D eigenvalue weighted by Crippen LogP contribution is 2.36. The van der Waals surface area contributed by atoms with Gasteiger partial charge in [0, 0.05) is 25.1 Å². The molecule has 1 aromatic rings. The molecule has 0 aromatic carbocycles. The first-order valence-corrected chi connectivity index (χ1v) is 10.3. The highest BCUT2D eigenvalue weighted by molar-refractivity contribution is 5.80. The van der Waals surface area contributed by atoms with E-state index in [0.29, 0.717) is 32.7 Å². The van der Waals surface area contributed by atoms with E-state index in [-0.39, 0.29) is 17.6 Å². The maximum absolute atomic E-state index is 12.5. The summed E-state index contributed by atoms with van der Waals surface area (Å²) in [6, 6.07) is 6.02. The number of carbonyl (C=O) groups is 1. The first-order valence-electron chi connectivity index (χ1n) is 10.3. The van der Waals surface area contributed by atoms with Crippen molar-refractivity contribution in [2.24, 2.45) is 0 Å². The number of allylic oxidation sites excluding steroid dienone is 1. The molecule has 4 rings (SSSR count). The van der Waals surface area contributed by atoms with Gasteiger partial charge in [-0.05, 0) is 51.2 Å². The van der Waals surface area contributed by atoms with Gasteiger partial charge in [0.05, 0.1) is 31.5 Å². The summed E-state index contributed by atoms with van der Waals surface area (Å²) in [5.41, 5.74) is 3.12. The summed E-state index contributed by atoms with van der Waals surface area (Å²) in [6.45, 7) is 4.66. The van der Waals surface area contributed by atoms with Gasteiger partial charge in [0.2, 0.25) is 5.91 Å². The van der Waals surface area contributed by atoms with Gasteiger partial charge in [0.1, 0.15) is 5.60 Å². The van der Waals surface area contributed by atoms with Gasteiger partial charge in [-0.25, -0.2) is 0 Å². The molecule has 0 N–H and O–H groups in total. The molecule has 5 nitrogen and oxygen atoms in total. The van der Waals surface area contributed by atoms with Crippen LogP contribution in [-0.2, 0) is 20.9 Å². The van der Waals surface area contributed by atoms with E-state index in [1.165, 1.54) is 18.4 Å². The van der Waals surface area contributed by atoms with Crippen molar-refractivity contribution in [3.05, 3.63) is 41.2 Å². The average Bonchev–Trinajstić information content (AvgIpc) is 2.65. The molecule has 2 aliphatic heterocycles. The van der Waals surface area contributed by atoms with Gasteiger partial charge in [0.15, 0.2) is 0 Å². The van der Waals surface area contributed by atoms with Crippen molar-refractivity contribution in [1.82, 2.24) is 9.88 Å². The third kappa shape index (κ3) is 4.58. The van der Waals surface area contributed by atoms with Crippen LogP contribution in [0, 0.1) is 6.92 Å². The summed E-state index contributed by atoms with van der Waals surface area (Å²) >= 11 is 0. The van der Waals surface area contributed by atoms with E-state index < -0.39 is 0 Å². The highest BCUT2D eigenvalue weighted by atomic mass is 16.5. The van der Waals surface area contributed by atoms with Crippen molar-refractivity contribution < 1.29 is 14.3 Å². The van der Waals surface area contributed by atoms with E-state index in [4.69, 9.17) is 9.47 Å². The Morgan fingerprint density at radius 2 is 2.26 bits per heavy atom. The molecule has 1 spiro atoms. The quantitative estimate of drug-likeness (QED) is 0.744. The van der Waals surface area contributed by atoms with Gasteiger partial charge in [-0.3, -0.25) is 9.78 Å². The monoisotopic (exact) mass is 370 g/mol. The lowest BCUT2D eigenvalue weighted by Crippen LogP contribution is -2.67. The molecular formula is C22H30N2O3. The molecule has 5 heteroatoms. The Morgan fingerprint density at radius 1 is 1.37 bits per heavy atom. The van der Waals surface area contributed by atoms with Crippen LogP contribution in [0.15, 0.2) is 29.8 Å². The smallest absolute Gasteiger partial charge is 0.226 e. The topological polar surface area (TPSA) is 51.7 Å². The molecule has 2 fully saturated rings. The highest BCUT2D eigenvalue weighted by Gasteiger charge is 2.49. The van der Waals surface area contributed by atoms with E-state index in [9.17, 15) is 4.79 Å². The fourth-order valence-electron chi connectivity index (χ4n) is 4.43. The number of hydrogen-bond acceptors (Lipinski definition) is 4. The van der Waals surface area contributed by atoms with Crippen molar-refractivity contribution in [3.8, 4) is 0 Å². The molecule has 2 saturated heterocycles. The third-order valence-electron chi connectivity index (χ3n) is 5.93. The lowest BCUT2D eigenvalue weighted by Gasteiger charge is -2.53. The molecule has 0 saturated carbocycles. The first kappa shape index (κ1) is 18.6. The second-order valence-corrected chi connectivity index (χ2v) is 8.26. The zero-order chi connectivity index (χ0) is 18.7. The number of amides is 1. The van der Waals surface area contributed by atoms with Crippen LogP contribution < -0.4 is 0 Å². The van der Waals surface area contributed by atoms with Crippen LogP contribution in [0.2, 0.25) is 0 Å². The molecule has 0 bridgehead atoms. The number of hydrogen-bond donors (Lipinski definition) is 0. The maximum atomic E-state index is 12.5. The largest absolute Gasteiger partial charge is 0.372 e. The molecule has 1 atom stereocenters. The van der Waals surface area contributed by atoms with Crippen LogP contribution in [0.5, 0.6) is 0 Å². The van der Waals surface area contributed by atoms with Crippen molar-refractivity contribution in [2.45, 2.75) is 70.2 Å². The van der Waals surface area contributed by atoms with Crippen LogP contribution >= 0.6 is 0 Å². The first-order chi connectivity index (χ1) is 13.1. The molecule has 0 radical (unpaired) electrons. The molecular weight excluding hydrogens is 340 g/mol. The second-order valence-electron chi connectivity index (χ2n) is 8.26. The standard InChI is InChI=1S/C22H30N2O3/c1-17-6-5-9-19(23-17)14-26-20-10-11-27-22(13-20)15-24(16-22)21(25)12-18-7-3-2-4-8-18/h5-7,9,20H,2-4,8,10-16H2,1H3. The Hall–Kier alpha value is -1.72. The summed E-state index contributed by atoms with van der Waals surface area (Å²) in [5.74, 6) is 0.254. The molecule has 1 aromatic heterocycles. The predicted molar refractivity (Wildman–Crippen MR) is 103 cm³/mol. The zero-order valence-corrected chi connectivity index (χ0v) is 16.3. The fourth-order valence-corrected chi connectivity index (χ4v) is 4.43. The Bertz CT molecular complexity index is 709. The van der Waals surface area contributed by atoms with Crippen molar-refractivity contribution in [3.63, 3.8) is 0 Å². The van der Waals surface area contributed by atoms with E-state index in [2.05, 4.69) is 11.1 Å². The Morgan fingerprint density at radius 3 is 3.04 bits per heavy atom. The van der Waals surface area contributed by atoms with Crippen LogP contribution in [0.25, 0.3) is 0 Å². The van der Waals surface area contributed by atoms with E-state index >= 15 is 0 Å². The minimum atomic E-state index is -0.195. The Labute approximate surface area is 161 Å². The van der Waals surface area contributed by atoms with Crippen LogP contribution in [0.3, 0.4) is 0 Å². The summed E-state index contributed by atoms with van der Waals surface area (Å²) in [5, 5.41) is 0. The summed E-state index contributed by atoms with van der Waals surface area (Å²) in [4.78, 5) is 19.0. The zero-order valence-electron chi connectivity index (χ0n) is 16.3. The Kier molecular flexibility index (Phi) is 5.60. The summed E-state index contributed by atoms with van der Waals surface area (Å²) < 4.78 is 12.2. The van der Waals surface area contributed by atoms with Crippen molar-refractivity contribution in [2.75, 3.05) is 19.7 Å². The van der Waals surface area contributed by atoms with Gasteiger partial charge in [-0.1, -0.05) is 17.7 Å². The Balaban J connectivity index is 1.25. The maximum Gasteiger partial charge on any atom is 0.226 e. The number of aromatic nitrogens is 1. The van der Waals surface area contributed by atoms with E-state index in [0.717, 1.165) is 37.1 Å². The fraction of sp³-hybridized carbons (Fsp3) is 0.636. The summed E-state index contributed by atoms with van der Waals surface area (Å²) in [6.07, 6.45) is 9.51. The molecule has 3 heterocycles. The summed E-state index contributed by atoms with van der Waals surface area (Å²) in [7, 11) is 0. The SMILES string of the molecule is Cc1cccc(COC2CCOC3(C2)CN(C(=O)CC2=CCCCC2)C3)n1. The second kappa shape index (κ2) is 8.11. The average molecular weight is 370 g/mol. The van der Waals surface area contributed by atoms with Gasteiger partial charge in [0.25, 0.3) is 0 Å². The number of ether oxygens (including phenoxy) is 2. The third-order valence-corrected chi connectivity index (χ3v) is 5.93.